The highest BCUT2D eigenvalue weighted by Crippen LogP contribution is 2.40. The Morgan fingerprint density at radius 2 is 1.80 bits per heavy atom. The summed E-state index contributed by atoms with van der Waals surface area (Å²) in [5, 5.41) is 15.4. The number of hydrogen-bond acceptors (Lipinski definition) is 5. The fourth-order valence-corrected chi connectivity index (χ4v) is 4.51. The third kappa shape index (κ3) is 3.44. The van der Waals surface area contributed by atoms with Crippen molar-refractivity contribution in [1.82, 2.24) is 0 Å². The van der Waals surface area contributed by atoms with Gasteiger partial charge in [-0.2, -0.15) is 0 Å². The lowest BCUT2D eigenvalue weighted by Gasteiger charge is -2.12. The first kappa shape index (κ1) is 19.7. The lowest BCUT2D eigenvalue weighted by molar-refractivity contribution is 0.0699. The van der Waals surface area contributed by atoms with Gasteiger partial charge in [0.2, 0.25) is 0 Å². The number of furan rings is 1. The number of anilines is 1. The second kappa shape index (κ2) is 7.68. The molecule has 0 fully saturated rings. The molecule has 7 heteroatoms. The Hall–Kier alpha value is -3.58. The highest BCUT2D eigenvalue weighted by atomic mass is 32.1. The molecule has 0 atom stereocenters. The largest absolute Gasteiger partial charge is 0.497 e. The fraction of sp³-hybridized carbons (Fsp3) is 0.130. The van der Waals surface area contributed by atoms with Crippen LogP contribution in [0.3, 0.4) is 0 Å². The number of carboxylic acids is 1. The molecule has 0 radical (unpaired) electrons. The first-order chi connectivity index (χ1) is 14.4. The monoisotopic (exact) mass is 421 g/mol. The molecule has 0 aliphatic rings. The van der Waals surface area contributed by atoms with Gasteiger partial charge < -0.3 is 19.6 Å². The number of aromatic carboxylic acids is 1. The summed E-state index contributed by atoms with van der Waals surface area (Å²) < 4.78 is 10.9. The Morgan fingerprint density at radius 1 is 1.10 bits per heavy atom. The quantitative estimate of drug-likeness (QED) is 0.429. The van der Waals surface area contributed by atoms with Crippen LogP contribution in [0.15, 0.2) is 52.3 Å². The second-order valence-corrected chi connectivity index (χ2v) is 7.78. The van der Waals surface area contributed by atoms with E-state index in [4.69, 9.17) is 9.15 Å². The van der Waals surface area contributed by atoms with Crippen LogP contribution in [0.1, 0.15) is 32.0 Å². The van der Waals surface area contributed by atoms with Crippen LogP contribution in [-0.2, 0) is 0 Å². The Bertz CT molecular complexity index is 1230. The molecule has 0 aliphatic heterocycles. The first-order valence-corrected chi connectivity index (χ1v) is 10.1. The third-order valence-electron chi connectivity index (χ3n) is 4.89. The number of thiophene rings is 1. The van der Waals surface area contributed by atoms with Crippen molar-refractivity contribution in [3.8, 4) is 16.9 Å². The van der Waals surface area contributed by atoms with Gasteiger partial charge in [-0.25, -0.2) is 4.79 Å². The number of para-hydroxylation sites is 1. The van der Waals surface area contributed by atoms with E-state index < -0.39 is 11.9 Å². The van der Waals surface area contributed by atoms with Gasteiger partial charge in [0.15, 0.2) is 5.76 Å². The zero-order chi connectivity index (χ0) is 21.4. The van der Waals surface area contributed by atoms with E-state index in [2.05, 4.69) is 5.32 Å². The number of carbonyl (C=O) groups excluding carboxylic acids is 1. The standard InChI is InChI=1S/C23H19NO5S/c1-12-8-15(28-3)9-13(2)19(12)16-11-30-22(20(16)23(26)27)24-21(25)18-10-14-6-4-5-7-17(14)29-18/h4-11H,1-3H3,(H,24,25)(H,26,27). The van der Waals surface area contributed by atoms with E-state index in [1.165, 1.54) is 11.3 Å². The van der Waals surface area contributed by atoms with Gasteiger partial charge in [-0.3, -0.25) is 4.79 Å². The van der Waals surface area contributed by atoms with Gasteiger partial charge in [0.25, 0.3) is 5.91 Å². The van der Waals surface area contributed by atoms with Crippen molar-refractivity contribution >= 4 is 39.2 Å². The fourth-order valence-electron chi connectivity index (χ4n) is 3.57. The molecule has 2 aromatic heterocycles. The number of nitrogens with one attached hydrogen (secondary N) is 1. The highest BCUT2D eigenvalue weighted by molar-refractivity contribution is 7.15. The minimum absolute atomic E-state index is 0.0563. The predicted molar refractivity (Wildman–Crippen MR) is 117 cm³/mol. The number of amides is 1. The van der Waals surface area contributed by atoms with Crippen LogP contribution in [-0.4, -0.2) is 24.1 Å². The second-order valence-electron chi connectivity index (χ2n) is 6.90. The molecule has 30 heavy (non-hydrogen) atoms. The number of rotatable bonds is 5. The van der Waals surface area contributed by atoms with Crippen LogP contribution < -0.4 is 10.1 Å². The molecule has 0 aliphatic carbocycles. The molecule has 2 heterocycles. The lowest BCUT2D eigenvalue weighted by Crippen LogP contribution is -2.13. The van der Waals surface area contributed by atoms with Crippen molar-refractivity contribution in [1.29, 1.82) is 0 Å². The van der Waals surface area contributed by atoms with Crippen molar-refractivity contribution in [2.45, 2.75) is 13.8 Å². The van der Waals surface area contributed by atoms with Crippen molar-refractivity contribution in [3.05, 3.63) is 70.3 Å². The summed E-state index contributed by atoms with van der Waals surface area (Å²) in [5.41, 5.74) is 3.81. The number of benzene rings is 2. The maximum absolute atomic E-state index is 12.7. The molecule has 2 aromatic carbocycles. The van der Waals surface area contributed by atoms with Crippen LogP contribution in [0.4, 0.5) is 5.00 Å². The van der Waals surface area contributed by atoms with Gasteiger partial charge >= 0.3 is 5.97 Å². The Balaban J connectivity index is 1.73. The molecular formula is C23H19NO5S. The highest BCUT2D eigenvalue weighted by Gasteiger charge is 2.24. The number of carbonyl (C=O) groups is 2. The maximum atomic E-state index is 12.7. The molecule has 0 saturated heterocycles. The maximum Gasteiger partial charge on any atom is 0.339 e. The molecule has 4 aromatic rings. The van der Waals surface area contributed by atoms with E-state index in [1.807, 2.05) is 44.2 Å². The number of aryl methyl sites for hydroxylation is 2. The Kier molecular flexibility index (Phi) is 5.05. The molecule has 6 nitrogen and oxygen atoms in total. The molecular weight excluding hydrogens is 402 g/mol. The van der Waals surface area contributed by atoms with Crippen molar-refractivity contribution in [2.75, 3.05) is 12.4 Å². The van der Waals surface area contributed by atoms with Crippen LogP contribution in [0.5, 0.6) is 5.75 Å². The van der Waals surface area contributed by atoms with E-state index in [9.17, 15) is 14.7 Å². The smallest absolute Gasteiger partial charge is 0.339 e. The van der Waals surface area contributed by atoms with E-state index in [1.54, 1.807) is 24.6 Å². The molecule has 2 N–H and O–H groups in total. The van der Waals surface area contributed by atoms with Gasteiger partial charge in [-0.15, -0.1) is 11.3 Å². The lowest BCUT2D eigenvalue weighted by atomic mass is 9.94. The van der Waals surface area contributed by atoms with E-state index in [0.717, 1.165) is 22.1 Å². The SMILES string of the molecule is COc1cc(C)c(-c2csc(NC(=O)c3cc4ccccc4o3)c2C(=O)O)c(C)c1. The average Bonchev–Trinajstić information content (AvgIpc) is 3.31. The van der Waals surface area contributed by atoms with Gasteiger partial charge in [0, 0.05) is 16.3 Å². The van der Waals surface area contributed by atoms with Crippen molar-refractivity contribution in [3.63, 3.8) is 0 Å². The Morgan fingerprint density at radius 3 is 2.43 bits per heavy atom. The molecule has 0 unspecified atom stereocenters. The van der Waals surface area contributed by atoms with Crippen molar-refractivity contribution < 1.29 is 23.8 Å². The van der Waals surface area contributed by atoms with Gasteiger partial charge in [-0.1, -0.05) is 18.2 Å². The number of methoxy groups -OCH3 is 1. The summed E-state index contributed by atoms with van der Waals surface area (Å²) in [4.78, 5) is 24.8. The number of ether oxygens (including phenoxy) is 1. The normalized spacial score (nSPS) is 10.9. The van der Waals surface area contributed by atoms with Crippen LogP contribution in [0.2, 0.25) is 0 Å². The minimum atomic E-state index is -1.11. The van der Waals surface area contributed by atoms with Gasteiger partial charge in [-0.05, 0) is 54.8 Å². The summed E-state index contributed by atoms with van der Waals surface area (Å²) in [5.74, 6) is -0.774. The molecule has 152 valence electrons. The zero-order valence-electron chi connectivity index (χ0n) is 16.6. The van der Waals surface area contributed by atoms with Crippen molar-refractivity contribution in [2.24, 2.45) is 0 Å². The molecule has 1 amide bonds. The Labute approximate surface area is 176 Å². The summed E-state index contributed by atoms with van der Waals surface area (Å²) in [6, 6.07) is 12.6. The summed E-state index contributed by atoms with van der Waals surface area (Å²) in [6.07, 6.45) is 0. The zero-order valence-corrected chi connectivity index (χ0v) is 17.4. The minimum Gasteiger partial charge on any atom is -0.497 e. The predicted octanol–water partition coefficient (Wildman–Crippen LogP) is 5.74. The topological polar surface area (TPSA) is 88.8 Å². The van der Waals surface area contributed by atoms with Gasteiger partial charge in [0.1, 0.15) is 21.9 Å². The summed E-state index contributed by atoms with van der Waals surface area (Å²) in [6.45, 7) is 3.81. The molecule has 0 bridgehead atoms. The number of carboxylic acid groups (broad SMARTS) is 1. The van der Waals surface area contributed by atoms with E-state index in [0.29, 0.717) is 16.9 Å². The van der Waals surface area contributed by atoms with Crippen LogP contribution >= 0.6 is 11.3 Å². The van der Waals surface area contributed by atoms with Gasteiger partial charge in [0.05, 0.1) is 7.11 Å². The summed E-state index contributed by atoms with van der Waals surface area (Å²) >= 11 is 1.17. The molecule has 0 spiro atoms. The summed E-state index contributed by atoms with van der Waals surface area (Å²) in [7, 11) is 1.59. The third-order valence-corrected chi connectivity index (χ3v) is 5.79. The molecule has 0 saturated carbocycles. The van der Waals surface area contributed by atoms with E-state index >= 15 is 0 Å². The van der Waals surface area contributed by atoms with E-state index in [-0.39, 0.29) is 16.3 Å². The number of fused-ring (bicyclic) bond motifs is 1. The van der Waals surface area contributed by atoms with Crippen LogP contribution in [0.25, 0.3) is 22.1 Å². The van der Waals surface area contributed by atoms with Crippen LogP contribution in [0, 0.1) is 13.8 Å². The molecule has 4 rings (SSSR count). The number of hydrogen-bond donors (Lipinski definition) is 2. The first-order valence-electron chi connectivity index (χ1n) is 9.19. The average molecular weight is 421 g/mol.